The van der Waals surface area contributed by atoms with Crippen LogP contribution < -0.4 is 5.69 Å². The molecule has 164 valence electrons. The highest BCUT2D eigenvalue weighted by Gasteiger charge is 2.12. The third-order valence-electron chi connectivity index (χ3n) is 4.47. The van der Waals surface area contributed by atoms with E-state index in [2.05, 4.69) is 20.4 Å². The average Bonchev–Trinajstić information content (AvgIpc) is 3.02. The summed E-state index contributed by atoms with van der Waals surface area (Å²) in [6, 6.07) is 12.1. The maximum absolute atomic E-state index is 12.7. The lowest BCUT2D eigenvalue weighted by Crippen LogP contribution is -2.22. The Balaban J connectivity index is 1.82. The summed E-state index contributed by atoms with van der Waals surface area (Å²) in [6.45, 7) is 6.22. The van der Waals surface area contributed by atoms with Crippen molar-refractivity contribution in [3.63, 3.8) is 0 Å². The Hall–Kier alpha value is -3.85. The van der Waals surface area contributed by atoms with Crippen LogP contribution in [0.4, 0.5) is 5.69 Å². The van der Waals surface area contributed by atoms with Gasteiger partial charge in [-0.3, -0.25) is 4.79 Å². The smallest absolute Gasteiger partial charge is 0.371 e. The Morgan fingerprint density at radius 2 is 1.81 bits per heavy atom. The summed E-state index contributed by atoms with van der Waals surface area (Å²) < 4.78 is 2.43. The van der Waals surface area contributed by atoms with Crippen LogP contribution in [-0.4, -0.2) is 31.6 Å². The number of aliphatic hydroxyl groups excluding tert-OH is 1. The van der Waals surface area contributed by atoms with E-state index < -0.39 is 5.69 Å². The number of rotatable bonds is 6. The van der Waals surface area contributed by atoms with Crippen molar-refractivity contribution in [2.45, 2.75) is 27.7 Å². The van der Waals surface area contributed by atoms with Crippen LogP contribution in [-0.2, 0) is 4.79 Å². The zero-order chi connectivity index (χ0) is 23.4. The highest BCUT2D eigenvalue weighted by molar-refractivity contribution is 6.31. The number of azo groups is 1. The van der Waals surface area contributed by atoms with Crippen LogP contribution in [0.5, 0.6) is 0 Å². The fraction of sp³-hybridized carbons (Fsp3) is 0.182. The molecule has 0 aliphatic rings. The van der Waals surface area contributed by atoms with Crippen LogP contribution >= 0.6 is 11.6 Å². The number of nitrogens with zero attached hydrogens (tertiary/aromatic N) is 6. The predicted molar refractivity (Wildman–Crippen MR) is 122 cm³/mol. The van der Waals surface area contributed by atoms with Crippen LogP contribution in [0.2, 0.25) is 5.02 Å². The number of aryl methyl sites for hydroxylation is 2. The average molecular weight is 453 g/mol. The van der Waals surface area contributed by atoms with Gasteiger partial charge >= 0.3 is 5.69 Å². The number of Topliss-reactive ketones (excluding diaryl/α,β-unsaturated/α-hetero) is 1. The minimum absolute atomic E-state index is 0.0997. The number of hydrogen-bond donors (Lipinski definition) is 1. The topological polar surface area (TPSA) is 114 Å². The quantitative estimate of drug-likeness (QED) is 0.253. The summed E-state index contributed by atoms with van der Waals surface area (Å²) in [4.78, 5) is 24.2. The van der Waals surface area contributed by atoms with Crippen molar-refractivity contribution in [3.8, 4) is 5.69 Å². The third kappa shape index (κ3) is 5.06. The number of carbonyl (C=O) groups is 1. The maximum atomic E-state index is 12.7. The maximum Gasteiger partial charge on any atom is 0.371 e. The van der Waals surface area contributed by atoms with E-state index in [9.17, 15) is 14.7 Å². The first-order valence-corrected chi connectivity index (χ1v) is 9.97. The number of allylic oxidation sites excluding steroid dienone is 2. The third-order valence-corrected chi connectivity index (χ3v) is 4.88. The number of ketones is 1. The van der Waals surface area contributed by atoms with Crippen LogP contribution in [0, 0.1) is 13.8 Å². The lowest BCUT2D eigenvalue weighted by molar-refractivity contribution is -0.113. The molecule has 0 bridgehead atoms. The molecular weight excluding hydrogens is 432 g/mol. The van der Waals surface area contributed by atoms with Crippen molar-refractivity contribution in [1.82, 2.24) is 14.5 Å². The summed E-state index contributed by atoms with van der Waals surface area (Å²) in [5, 5.41) is 26.3. The van der Waals surface area contributed by atoms with Gasteiger partial charge in [-0.25, -0.2) is 4.79 Å². The molecule has 1 heterocycles. The normalized spacial score (nSPS) is 12.5. The van der Waals surface area contributed by atoms with Crippen LogP contribution in [0.25, 0.3) is 5.69 Å². The zero-order valence-electron chi connectivity index (χ0n) is 17.9. The molecule has 2 aromatic carbocycles. The molecule has 0 aliphatic carbocycles. The van der Waals surface area contributed by atoms with Crippen molar-refractivity contribution >= 4 is 29.3 Å². The molecule has 0 radical (unpaired) electrons. The number of hydrogen-bond acceptors (Lipinski definition) is 7. The van der Waals surface area contributed by atoms with Gasteiger partial charge in [0.2, 0.25) is 0 Å². The van der Waals surface area contributed by atoms with Crippen molar-refractivity contribution in [2.24, 2.45) is 15.3 Å². The van der Waals surface area contributed by atoms with Gasteiger partial charge in [-0.1, -0.05) is 29.8 Å². The molecule has 9 nitrogen and oxygen atoms in total. The number of aromatic nitrogens is 3. The van der Waals surface area contributed by atoms with Crippen LogP contribution in [0.3, 0.4) is 0 Å². The molecule has 10 heteroatoms. The van der Waals surface area contributed by atoms with Gasteiger partial charge in [-0.05, 0) is 56.2 Å². The van der Waals surface area contributed by atoms with Crippen molar-refractivity contribution < 1.29 is 9.90 Å². The Labute approximate surface area is 189 Å². The van der Waals surface area contributed by atoms with Gasteiger partial charge in [-0.2, -0.15) is 19.6 Å². The standard InChI is InChI=1S/C22H21ClN6O3/c1-13-5-10-19(11-20(13)23)29-22(32)28(16(4)27-29)24-12-17-6-8-18(9-7-17)25-26-21(14(2)30)15(3)31/h5-12,30H,1-4H3/b21-14+,24-12+,26-25?. The largest absolute Gasteiger partial charge is 0.510 e. The first-order chi connectivity index (χ1) is 15.2. The monoisotopic (exact) mass is 452 g/mol. The van der Waals surface area contributed by atoms with Gasteiger partial charge in [0.1, 0.15) is 5.76 Å². The fourth-order valence-corrected chi connectivity index (χ4v) is 2.90. The number of aliphatic hydroxyl groups is 1. The molecule has 3 aromatic rings. The van der Waals surface area contributed by atoms with E-state index in [-0.39, 0.29) is 17.2 Å². The summed E-state index contributed by atoms with van der Waals surface area (Å²) in [5.74, 6) is -0.165. The zero-order valence-corrected chi connectivity index (χ0v) is 18.7. The second-order valence-electron chi connectivity index (χ2n) is 7.01. The molecule has 0 aliphatic heterocycles. The van der Waals surface area contributed by atoms with Gasteiger partial charge in [-0.15, -0.1) is 10.2 Å². The van der Waals surface area contributed by atoms with E-state index in [1.165, 1.54) is 29.4 Å². The molecular formula is C22H21ClN6O3. The molecule has 0 amide bonds. The minimum Gasteiger partial charge on any atom is -0.510 e. The SMILES string of the molecule is CC(=O)/C(N=Nc1ccc(/C=N/n2c(C)nn(-c3ccc(C)c(Cl)c3)c2=O)cc1)=C(/C)O. The van der Waals surface area contributed by atoms with Crippen molar-refractivity contribution in [1.29, 1.82) is 0 Å². The van der Waals surface area contributed by atoms with Gasteiger partial charge < -0.3 is 5.11 Å². The highest BCUT2D eigenvalue weighted by Crippen LogP contribution is 2.18. The molecule has 0 saturated carbocycles. The lowest BCUT2D eigenvalue weighted by atomic mass is 10.2. The molecule has 1 aromatic heterocycles. The van der Waals surface area contributed by atoms with Gasteiger partial charge in [0.25, 0.3) is 0 Å². The highest BCUT2D eigenvalue weighted by atomic mass is 35.5. The summed E-state index contributed by atoms with van der Waals surface area (Å²) in [5.41, 5.74) is 2.13. The minimum atomic E-state index is -0.424. The Bertz CT molecular complexity index is 1310. The molecule has 3 rings (SSSR count). The molecule has 0 saturated heterocycles. The van der Waals surface area contributed by atoms with Gasteiger partial charge in [0.05, 0.1) is 17.6 Å². The molecule has 0 atom stereocenters. The van der Waals surface area contributed by atoms with E-state index in [4.69, 9.17) is 11.6 Å². The Morgan fingerprint density at radius 1 is 1.12 bits per heavy atom. The first kappa shape index (κ1) is 22.8. The Morgan fingerprint density at radius 3 is 2.41 bits per heavy atom. The molecule has 32 heavy (non-hydrogen) atoms. The Kier molecular flexibility index (Phi) is 6.79. The summed E-state index contributed by atoms with van der Waals surface area (Å²) in [7, 11) is 0. The summed E-state index contributed by atoms with van der Waals surface area (Å²) in [6.07, 6.45) is 1.52. The first-order valence-electron chi connectivity index (χ1n) is 9.59. The number of benzene rings is 2. The lowest BCUT2D eigenvalue weighted by Gasteiger charge is -2.02. The molecule has 0 spiro atoms. The van der Waals surface area contributed by atoms with Gasteiger partial charge in [0.15, 0.2) is 17.3 Å². The van der Waals surface area contributed by atoms with Crippen LogP contribution in [0.15, 0.2) is 74.0 Å². The van der Waals surface area contributed by atoms with Gasteiger partial charge in [0, 0.05) is 11.9 Å². The second-order valence-corrected chi connectivity index (χ2v) is 7.42. The number of halogens is 1. The summed E-state index contributed by atoms with van der Waals surface area (Å²) >= 11 is 6.16. The number of carbonyl (C=O) groups excluding carboxylic acids is 1. The predicted octanol–water partition coefficient (Wildman–Crippen LogP) is 4.65. The van der Waals surface area contributed by atoms with E-state index in [1.807, 2.05) is 13.0 Å². The van der Waals surface area contributed by atoms with E-state index in [1.54, 1.807) is 43.3 Å². The molecule has 0 unspecified atom stereocenters. The van der Waals surface area contributed by atoms with E-state index >= 15 is 0 Å². The van der Waals surface area contributed by atoms with E-state index in [0.717, 1.165) is 5.56 Å². The van der Waals surface area contributed by atoms with Crippen molar-refractivity contribution in [2.75, 3.05) is 0 Å². The van der Waals surface area contributed by atoms with Crippen LogP contribution in [0.1, 0.15) is 30.8 Å². The van der Waals surface area contributed by atoms with E-state index in [0.29, 0.717) is 27.8 Å². The molecule has 1 N–H and O–H groups in total. The molecule has 0 fully saturated rings. The fourth-order valence-electron chi connectivity index (χ4n) is 2.73. The van der Waals surface area contributed by atoms with Crippen molar-refractivity contribution in [3.05, 3.63) is 86.4 Å². The second kappa shape index (κ2) is 9.52.